The molecule has 0 unspecified atom stereocenters. The Hall–Kier alpha value is -2.50. The van der Waals surface area contributed by atoms with Gasteiger partial charge in [-0.1, -0.05) is 0 Å². The maximum absolute atomic E-state index is 10.8. The van der Waals surface area contributed by atoms with E-state index in [-0.39, 0.29) is 5.69 Å². The molecule has 0 fully saturated rings. The summed E-state index contributed by atoms with van der Waals surface area (Å²) in [7, 11) is 1.55. The number of rotatable bonds is 5. The van der Waals surface area contributed by atoms with E-state index in [1.54, 1.807) is 13.2 Å². The van der Waals surface area contributed by atoms with Crippen LogP contribution in [0.15, 0.2) is 30.3 Å². The first-order valence-electron chi connectivity index (χ1n) is 6.23. The quantitative estimate of drug-likeness (QED) is 0.673. The Morgan fingerprint density at radius 1 is 1.25 bits per heavy atom. The fraction of sp³-hybridized carbons (Fsp3) is 0.286. The van der Waals surface area contributed by atoms with Gasteiger partial charge in [0.1, 0.15) is 5.75 Å². The first-order valence-corrected chi connectivity index (χ1v) is 6.23. The van der Waals surface area contributed by atoms with E-state index in [0.29, 0.717) is 12.3 Å². The summed E-state index contributed by atoms with van der Waals surface area (Å²) < 4.78 is 7.18. The Morgan fingerprint density at radius 2 is 1.90 bits per heavy atom. The van der Waals surface area contributed by atoms with Crippen LogP contribution < -0.4 is 10.2 Å². The van der Waals surface area contributed by atoms with E-state index in [4.69, 9.17) is 4.74 Å². The summed E-state index contributed by atoms with van der Waals surface area (Å²) in [6.07, 6.45) is 0. The molecular formula is C14H17N3O3. The van der Waals surface area contributed by atoms with E-state index in [2.05, 4.69) is 5.43 Å². The molecule has 1 aromatic heterocycles. The molecule has 0 radical (unpaired) electrons. The molecule has 106 valence electrons. The van der Waals surface area contributed by atoms with Crippen LogP contribution in [0.5, 0.6) is 5.75 Å². The predicted octanol–water partition coefficient (Wildman–Crippen LogP) is 2.77. The van der Waals surface area contributed by atoms with E-state index < -0.39 is 4.92 Å². The number of hydrogen-bond donors (Lipinski definition) is 1. The number of methoxy groups -OCH3 is 1. The maximum Gasteiger partial charge on any atom is 0.270 e. The third-order valence-electron chi connectivity index (χ3n) is 3.17. The van der Waals surface area contributed by atoms with Gasteiger partial charge in [0.05, 0.1) is 18.6 Å². The van der Waals surface area contributed by atoms with E-state index in [9.17, 15) is 10.1 Å². The zero-order valence-electron chi connectivity index (χ0n) is 11.7. The van der Waals surface area contributed by atoms with Crippen LogP contribution in [-0.4, -0.2) is 16.7 Å². The molecule has 6 nitrogen and oxygen atoms in total. The predicted molar refractivity (Wildman–Crippen MR) is 76.6 cm³/mol. The summed E-state index contributed by atoms with van der Waals surface area (Å²) in [5, 5.41) is 10.8. The van der Waals surface area contributed by atoms with Crippen LogP contribution >= 0.6 is 0 Å². The van der Waals surface area contributed by atoms with Crippen LogP contribution in [0.3, 0.4) is 0 Å². The van der Waals surface area contributed by atoms with Crippen molar-refractivity contribution in [2.75, 3.05) is 12.5 Å². The van der Waals surface area contributed by atoms with Crippen molar-refractivity contribution in [3.05, 3.63) is 57.4 Å². The number of nitro benzene ring substituents is 1. The van der Waals surface area contributed by atoms with Gasteiger partial charge in [-0.15, -0.1) is 0 Å². The summed E-state index contributed by atoms with van der Waals surface area (Å²) in [5.74, 6) is 0.630. The minimum Gasteiger partial charge on any atom is -0.496 e. The Bertz CT molecular complexity index is 615. The van der Waals surface area contributed by atoms with Crippen molar-refractivity contribution in [1.29, 1.82) is 0 Å². The van der Waals surface area contributed by atoms with Gasteiger partial charge in [-0.2, -0.15) is 0 Å². The van der Waals surface area contributed by atoms with Gasteiger partial charge in [0.15, 0.2) is 0 Å². The zero-order chi connectivity index (χ0) is 14.7. The number of aromatic nitrogens is 1. The third-order valence-corrected chi connectivity index (χ3v) is 3.17. The summed E-state index contributed by atoms with van der Waals surface area (Å²) in [4.78, 5) is 10.4. The molecule has 0 aliphatic heterocycles. The van der Waals surface area contributed by atoms with Crippen LogP contribution in [0, 0.1) is 24.0 Å². The molecule has 0 aliphatic rings. The van der Waals surface area contributed by atoms with E-state index in [1.165, 1.54) is 12.1 Å². The monoisotopic (exact) mass is 275 g/mol. The molecular weight excluding hydrogens is 258 g/mol. The molecule has 20 heavy (non-hydrogen) atoms. The van der Waals surface area contributed by atoms with Crippen molar-refractivity contribution in [3.8, 4) is 5.75 Å². The minimum absolute atomic E-state index is 0.0588. The van der Waals surface area contributed by atoms with Gasteiger partial charge < -0.3 is 10.2 Å². The molecule has 1 heterocycles. The number of nitrogens with one attached hydrogen (secondary N) is 1. The van der Waals surface area contributed by atoms with Crippen LogP contribution in [0.1, 0.15) is 17.0 Å². The lowest BCUT2D eigenvalue weighted by Crippen LogP contribution is -2.17. The standard InChI is InChI=1S/C14H17N3O3/c1-10-4-5-11(2)16(10)15-9-12-8-13(17(18)19)6-7-14(12)20-3/h4-8,15H,9H2,1-3H3. The Morgan fingerprint density at radius 3 is 2.45 bits per heavy atom. The van der Waals surface area contributed by atoms with Gasteiger partial charge in [0.2, 0.25) is 0 Å². The SMILES string of the molecule is COc1ccc([N+](=O)[O-])cc1CNn1c(C)ccc1C. The first-order chi connectivity index (χ1) is 9.52. The lowest BCUT2D eigenvalue weighted by molar-refractivity contribution is -0.384. The van der Waals surface area contributed by atoms with Crippen molar-refractivity contribution in [3.63, 3.8) is 0 Å². The van der Waals surface area contributed by atoms with Crippen LogP contribution in [-0.2, 0) is 6.54 Å². The average Bonchev–Trinajstić information content (AvgIpc) is 2.75. The molecule has 0 amide bonds. The topological polar surface area (TPSA) is 69.3 Å². The number of benzene rings is 1. The highest BCUT2D eigenvalue weighted by atomic mass is 16.6. The van der Waals surface area contributed by atoms with Crippen molar-refractivity contribution in [2.24, 2.45) is 0 Å². The van der Waals surface area contributed by atoms with Crippen molar-refractivity contribution >= 4 is 5.69 Å². The normalized spacial score (nSPS) is 10.3. The second-order valence-electron chi connectivity index (χ2n) is 4.54. The Labute approximate surface area is 117 Å². The lowest BCUT2D eigenvalue weighted by Gasteiger charge is -2.14. The molecule has 6 heteroatoms. The van der Waals surface area contributed by atoms with Gasteiger partial charge in [-0.3, -0.25) is 14.8 Å². The number of nitrogens with zero attached hydrogens (tertiary/aromatic N) is 2. The molecule has 1 aromatic carbocycles. The Kier molecular flexibility index (Phi) is 3.93. The third kappa shape index (κ3) is 2.74. The van der Waals surface area contributed by atoms with Gasteiger partial charge in [-0.05, 0) is 32.0 Å². The molecule has 2 aromatic rings. The highest BCUT2D eigenvalue weighted by molar-refractivity contribution is 5.44. The summed E-state index contributed by atoms with van der Waals surface area (Å²) >= 11 is 0. The molecule has 0 atom stereocenters. The molecule has 1 N–H and O–H groups in total. The minimum atomic E-state index is -0.408. The van der Waals surface area contributed by atoms with E-state index in [0.717, 1.165) is 17.0 Å². The van der Waals surface area contributed by atoms with Gasteiger partial charge in [0.25, 0.3) is 5.69 Å². The summed E-state index contributed by atoms with van der Waals surface area (Å²) in [6.45, 7) is 4.43. The molecule has 0 bridgehead atoms. The smallest absolute Gasteiger partial charge is 0.270 e. The second kappa shape index (κ2) is 5.64. The lowest BCUT2D eigenvalue weighted by atomic mass is 10.2. The zero-order valence-corrected chi connectivity index (χ0v) is 11.7. The van der Waals surface area contributed by atoms with Crippen LogP contribution in [0.4, 0.5) is 5.69 Å². The van der Waals surface area contributed by atoms with Crippen LogP contribution in [0.25, 0.3) is 0 Å². The molecule has 0 saturated carbocycles. The number of nitro groups is 1. The van der Waals surface area contributed by atoms with Gasteiger partial charge in [-0.25, -0.2) is 0 Å². The van der Waals surface area contributed by atoms with Crippen molar-refractivity contribution in [1.82, 2.24) is 4.68 Å². The molecule has 0 aliphatic carbocycles. The fourth-order valence-electron chi connectivity index (χ4n) is 2.10. The maximum atomic E-state index is 10.8. The van der Waals surface area contributed by atoms with E-state index in [1.807, 2.05) is 30.7 Å². The van der Waals surface area contributed by atoms with Gasteiger partial charge >= 0.3 is 0 Å². The fourth-order valence-corrected chi connectivity index (χ4v) is 2.10. The highest BCUT2D eigenvalue weighted by Gasteiger charge is 2.11. The van der Waals surface area contributed by atoms with Crippen molar-refractivity contribution < 1.29 is 9.66 Å². The highest BCUT2D eigenvalue weighted by Crippen LogP contribution is 2.24. The summed E-state index contributed by atoms with van der Waals surface area (Å²) in [5.41, 5.74) is 6.19. The second-order valence-corrected chi connectivity index (χ2v) is 4.54. The average molecular weight is 275 g/mol. The molecule has 0 spiro atoms. The molecule has 0 saturated heterocycles. The number of non-ortho nitro benzene ring substituents is 1. The first kappa shape index (κ1) is 13.9. The van der Waals surface area contributed by atoms with Crippen LogP contribution in [0.2, 0.25) is 0 Å². The Balaban J connectivity index is 2.24. The van der Waals surface area contributed by atoms with Crippen molar-refractivity contribution in [2.45, 2.75) is 20.4 Å². The molecule has 2 rings (SSSR count). The number of hydrogen-bond acceptors (Lipinski definition) is 4. The summed E-state index contributed by atoms with van der Waals surface area (Å²) in [6, 6.07) is 8.60. The van der Waals surface area contributed by atoms with Gasteiger partial charge in [0, 0.05) is 29.1 Å². The number of aryl methyl sites for hydroxylation is 2. The largest absolute Gasteiger partial charge is 0.496 e. The number of ether oxygens (including phenoxy) is 1. The van der Waals surface area contributed by atoms with E-state index >= 15 is 0 Å².